The number of rotatable bonds is 3. The van der Waals surface area contributed by atoms with Crippen molar-refractivity contribution >= 4 is 11.9 Å². The maximum Gasteiger partial charge on any atom is 0.338 e. The van der Waals surface area contributed by atoms with Gasteiger partial charge in [0.2, 0.25) is 0 Å². The third-order valence-electron chi connectivity index (χ3n) is 2.04. The maximum atomic E-state index is 12.9. The van der Waals surface area contributed by atoms with E-state index >= 15 is 0 Å². The summed E-state index contributed by atoms with van der Waals surface area (Å²) in [5.74, 6) is -1.75. The summed E-state index contributed by atoms with van der Waals surface area (Å²) in [6, 6.07) is 3.56. The van der Waals surface area contributed by atoms with Crippen LogP contribution in [0.3, 0.4) is 0 Å². The van der Waals surface area contributed by atoms with Crippen molar-refractivity contribution in [3.05, 3.63) is 35.1 Å². The number of benzene rings is 1. The first-order valence-corrected chi connectivity index (χ1v) is 4.52. The molecule has 0 N–H and O–H groups in total. The molecule has 1 rings (SSSR count). The van der Waals surface area contributed by atoms with Gasteiger partial charge in [-0.2, -0.15) is 0 Å². The van der Waals surface area contributed by atoms with Gasteiger partial charge in [0.1, 0.15) is 5.82 Å². The molecule has 86 valence electrons. The standard InChI is InChI=1S/C11H11FO4/c1-15-10(13)5-7-3-4-8(12)6-9(7)11(14)16-2/h3-4,6H,5H2,1-2H3. The van der Waals surface area contributed by atoms with E-state index in [4.69, 9.17) is 0 Å². The highest BCUT2D eigenvalue weighted by atomic mass is 19.1. The smallest absolute Gasteiger partial charge is 0.338 e. The lowest BCUT2D eigenvalue weighted by Gasteiger charge is -2.06. The Morgan fingerprint density at radius 1 is 1.25 bits per heavy atom. The summed E-state index contributed by atoms with van der Waals surface area (Å²) in [7, 11) is 2.43. The molecule has 0 atom stereocenters. The van der Waals surface area contributed by atoms with Gasteiger partial charge >= 0.3 is 11.9 Å². The highest BCUT2D eigenvalue weighted by Gasteiger charge is 2.15. The van der Waals surface area contributed by atoms with Gasteiger partial charge in [-0.05, 0) is 17.7 Å². The summed E-state index contributed by atoms with van der Waals surface area (Å²) in [5.41, 5.74) is 0.410. The minimum absolute atomic E-state index is 0.0351. The zero-order chi connectivity index (χ0) is 12.1. The molecule has 0 spiro atoms. The molecule has 0 radical (unpaired) electrons. The average Bonchev–Trinajstić information content (AvgIpc) is 2.30. The summed E-state index contributed by atoms with van der Waals surface area (Å²) in [4.78, 5) is 22.4. The molecule has 0 saturated heterocycles. The predicted octanol–water partition coefficient (Wildman–Crippen LogP) is 1.33. The molecule has 0 amide bonds. The second kappa shape index (κ2) is 5.25. The fourth-order valence-corrected chi connectivity index (χ4v) is 1.23. The Bertz CT molecular complexity index is 414. The molecule has 0 aliphatic rings. The Morgan fingerprint density at radius 3 is 2.50 bits per heavy atom. The van der Waals surface area contributed by atoms with Crippen molar-refractivity contribution in [1.29, 1.82) is 0 Å². The summed E-state index contributed by atoms with van der Waals surface area (Å²) < 4.78 is 21.9. The molecule has 0 aliphatic heterocycles. The molecule has 0 aliphatic carbocycles. The van der Waals surface area contributed by atoms with Crippen LogP contribution in [0.2, 0.25) is 0 Å². The van der Waals surface area contributed by atoms with E-state index < -0.39 is 17.8 Å². The van der Waals surface area contributed by atoms with E-state index in [2.05, 4.69) is 9.47 Å². The minimum Gasteiger partial charge on any atom is -0.469 e. The third-order valence-corrected chi connectivity index (χ3v) is 2.04. The van der Waals surface area contributed by atoms with E-state index in [1.165, 1.54) is 26.4 Å². The molecule has 1 aromatic rings. The molecule has 16 heavy (non-hydrogen) atoms. The Hall–Kier alpha value is -1.91. The van der Waals surface area contributed by atoms with Crippen molar-refractivity contribution in [2.45, 2.75) is 6.42 Å². The summed E-state index contributed by atoms with van der Waals surface area (Å²) in [5, 5.41) is 0. The number of esters is 2. The fraction of sp³-hybridized carbons (Fsp3) is 0.273. The van der Waals surface area contributed by atoms with Crippen molar-refractivity contribution in [3.8, 4) is 0 Å². The minimum atomic E-state index is -0.682. The Balaban J connectivity index is 3.07. The fourth-order valence-electron chi connectivity index (χ4n) is 1.23. The molecule has 4 nitrogen and oxygen atoms in total. The number of hydrogen-bond donors (Lipinski definition) is 0. The van der Waals surface area contributed by atoms with Crippen molar-refractivity contribution in [2.24, 2.45) is 0 Å². The number of carbonyl (C=O) groups is 2. The molecule has 0 fully saturated rings. The Kier molecular flexibility index (Phi) is 3.99. The second-order valence-corrected chi connectivity index (χ2v) is 3.05. The second-order valence-electron chi connectivity index (χ2n) is 3.05. The number of hydrogen-bond acceptors (Lipinski definition) is 4. The monoisotopic (exact) mass is 226 g/mol. The number of ether oxygens (including phenoxy) is 2. The molecule has 0 bridgehead atoms. The molecule has 5 heteroatoms. The molecule has 0 saturated carbocycles. The zero-order valence-electron chi connectivity index (χ0n) is 8.95. The van der Waals surface area contributed by atoms with Crippen molar-refractivity contribution in [2.75, 3.05) is 14.2 Å². The summed E-state index contributed by atoms with van der Waals surface area (Å²) >= 11 is 0. The molecular weight excluding hydrogens is 215 g/mol. The van der Waals surface area contributed by atoms with Crippen LogP contribution in [0.4, 0.5) is 4.39 Å². The van der Waals surface area contributed by atoms with Crippen LogP contribution < -0.4 is 0 Å². The maximum absolute atomic E-state index is 12.9. The quantitative estimate of drug-likeness (QED) is 0.729. The first kappa shape index (κ1) is 12.2. The molecule has 0 unspecified atom stereocenters. The Labute approximate surface area is 92.0 Å². The lowest BCUT2D eigenvalue weighted by atomic mass is 10.0. The average molecular weight is 226 g/mol. The Morgan fingerprint density at radius 2 is 1.94 bits per heavy atom. The molecule has 1 aromatic carbocycles. The van der Waals surface area contributed by atoms with E-state index in [1.54, 1.807) is 0 Å². The van der Waals surface area contributed by atoms with E-state index in [0.29, 0.717) is 5.56 Å². The van der Waals surface area contributed by atoms with Crippen LogP contribution in [0.15, 0.2) is 18.2 Å². The van der Waals surface area contributed by atoms with Gasteiger partial charge in [-0.1, -0.05) is 6.07 Å². The van der Waals surface area contributed by atoms with E-state index in [9.17, 15) is 14.0 Å². The van der Waals surface area contributed by atoms with E-state index in [-0.39, 0.29) is 12.0 Å². The lowest BCUT2D eigenvalue weighted by Crippen LogP contribution is -2.11. The van der Waals surface area contributed by atoms with Crippen LogP contribution >= 0.6 is 0 Å². The van der Waals surface area contributed by atoms with Crippen LogP contribution in [0.1, 0.15) is 15.9 Å². The number of methoxy groups -OCH3 is 2. The zero-order valence-corrected chi connectivity index (χ0v) is 8.95. The lowest BCUT2D eigenvalue weighted by molar-refractivity contribution is -0.139. The summed E-state index contributed by atoms with van der Waals surface area (Å²) in [6.07, 6.45) is -0.0960. The normalized spacial score (nSPS) is 9.69. The van der Waals surface area contributed by atoms with Crippen LogP contribution in [-0.4, -0.2) is 26.2 Å². The number of halogens is 1. The van der Waals surface area contributed by atoms with Gasteiger partial charge in [0, 0.05) is 0 Å². The third kappa shape index (κ3) is 2.79. The van der Waals surface area contributed by atoms with Crippen molar-refractivity contribution in [1.82, 2.24) is 0 Å². The van der Waals surface area contributed by atoms with Gasteiger partial charge in [-0.25, -0.2) is 9.18 Å². The SMILES string of the molecule is COC(=O)Cc1ccc(F)cc1C(=O)OC. The van der Waals surface area contributed by atoms with Gasteiger partial charge in [-0.15, -0.1) is 0 Å². The topological polar surface area (TPSA) is 52.6 Å². The van der Waals surface area contributed by atoms with Gasteiger partial charge in [0.05, 0.1) is 26.2 Å². The van der Waals surface area contributed by atoms with Crippen LogP contribution in [0, 0.1) is 5.82 Å². The van der Waals surface area contributed by atoms with Crippen LogP contribution in [0.5, 0.6) is 0 Å². The van der Waals surface area contributed by atoms with E-state index in [0.717, 1.165) is 6.07 Å². The van der Waals surface area contributed by atoms with E-state index in [1.807, 2.05) is 0 Å². The van der Waals surface area contributed by atoms with Crippen molar-refractivity contribution in [3.63, 3.8) is 0 Å². The largest absolute Gasteiger partial charge is 0.469 e. The van der Waals surface area contributed by atoms with Crippen LogP contribution in [-0.2, 0) is 20.7 Å². The van der Waals surface area contributed by atoms with Crippen LogP contribution in [0.25, 0.3) is 0 Å². The first-order valence-electron chi connectivity index (χ1n) is 4.52. The molecule has 0 aromatic heterocycles. The first-order chi connectivity index (χ1) is 7.58. The van der Waals surface area contributed by atoms with Gasteiger partial charge in [0.25, 0.3) is 0 Å². The number of carbonyl (C=O) groups excluding carboxylic acids is 2. The van der Waals surface area contributed by atoms with Gasteiger partial charge in [-0.3, -0.25) is 4.79 Å². The summed E-state index contributed by atoms with van der Waals surface area (Å²) in [6.45, 7) is 0. The molecular formula is C11H11FO4. The molecule has 0 heterocycles. The highest BCUT2D eigenvalue weighted by Crippen LogP contribution is 2.13. The predicted molar refractivity (Wildman–Crippen MR) is 53.5 cm³/mol. The highest BCUT2D eigenvalue weighted by molar-refractivity contribution is 5.92. The van der Waals surface area contributed by atoms with Gasteiger partial charge in [0.15, 0.2) is 0 Å². The van der Waals surface area contributed by atoms with Gasteiger partial charge < -0.3 is 9.47 Å². The van der Waals surface area contributed by atoms with Crippen molar-refractivity contribution < 1.29 is 23.5 Å².